The van der Waals surface area contributed by atoms with E-state index in [1.165, 1.54) is 12.1 Å². The first-order chi connectivity index (χ1) is 15.3. The van der Waals surface area contributed by atoms with Crippen LogP contribution in [0, 0.1) is 13.8 Å². The topological polar surface area (TPSA) is 93.7 Å². The number of ether oxygens (including phenoxy) is 2. The van der Waals surface area contributed by atoms with Gasteiger partial charge < -0.3 is 14.8 Å². The van der Waals surface area contributed by atoms with Crippen molar-refractivity contribution in [2.24, 2.45) is 0 Å². The molecule has 0 atom stereocenters. The van der Waals surface area contributed by atoms with E-state index in [1.54, 1.807) is 55.6 Å². The van der Waals surface area contributed by atoms with Gasteiger partial charge in [0.15, 0.2) is 0 Å². The number of methoxy groups -OCH3 is 1. The van der Waals surface area contributed by atoms with Gasteiger partial charge in [0.25, 0.3) is 15.9 Å². The number of anilines is 2. The molecule has 0 aliphatic carbocycles. The van der Waals surface area contributed by atoms with Gasteiger partial charge in [-0.1, -0.05) is 18.2 Å². The number of hydrogen-bond donors (Lipinski definition) is 2. The number of carbonyl (C=O) groups is 1. The highest BCUT2D eigenvalue weighted by Crippen LogP contribution is 2.22. The van der Waals surface area contributed by atoms with E-state index in [9.17, 15) is 13.2 Å². The molecule has 0 unspecified atom stereocenters. The van der Waals surface area contributed by atoms with Crippen molar-refractivity contribution in [3.8, 4) is 5.75 Å². The largest absolute Gasteiger partial charge is 0.490 e. The fourth-order valence-corrected chi connectivity index (χ4v) is 4.22. The summed E-state index contributed by atoms with van der Waals surface area (Å²) >= 11 is 0. The molecule has 0 aromatic heterocycles. The van der Waals surface area contributed by atoms with Crippen LogP contribution >= 0.6 is 0 Å². The zero-order chi connectivity index (χ0) is 23.1. The smallest absolute Gasteiger partial charge is 0.261 e. The monoisotopic (exact) mass is 454 g/mol. The summed E-state index contributed by atoms with van der Waals surface area (Å²) in [5.41, 5.74) is 3.27. The van der Waals surface area contributed by atoms with Crippen LogP contribution < -0.4 is 14.8 Å². The Morgan fingerprint density at radius 2 is 1.53 bits per heavy atom. The first-order valence-electron chi connectivity index (χ1n) is 10.0. The number of sulfonamides is 1. The molecule has 0 saturated heterocycles. The zero-order valence-electron chi connectivity index (χ0n) is 18.2. The number of amides is 1. The van der Waals surface area contributed by atoms with Crippen LogP contribution in [0.5, 0.6) is 5.75 Å². The third kappa shape index (κ3) is 6.09. The minimum atomic E-state index is -3.76. The number of nitrogens with one attached hydrogen (secondary N) is 2. The second-order valence-electron chi connectivity index (χ2n) is 7.30. The van der Waals surface area contributed by atoms with Crippen molar-refractivity contribution in [3.05, 3.63) is 83.4 Å². The maximum absolute atomic E-state index is 12.7. The summed E-state index contributed by atoms with van der Waals surface area (Å²) in [5, 5.41) is 2.77. The molecule has 0 bridgehead atoms. The van der Waals surface area contributed by atoms with E-state index in [1.807, 2.05) is 19.9 Å². The maximum atomic E-state index is 12.7. The molecule has 0 aliphatic heterocycles. The lowest BCUT2D eigenvalue weighted by atomic mass is 10.1. The molecule has 0 saturated carbocycles. The summed E-state index contributed by atoms with van der Waals surface area (Å²) in [6, 6.07) is 18.4. The van der Waals surface area contributed by atoms with Crippen molar-refractivity contribution in [2.75, 3.05) is 30.4 Å². The highest BCUT2D eigenvalue weighted by Gasteiger charge is 2.16. The van der Waals surface area contributed by atoms with Crippen molar-refractivity contribution in [1.82, 2.24) is 0 Å². The van der Waals surface area contributed by atoms with Gasteiger partial charge in [0.1, 0.15) is 12.4 Å². The van der Waals surface area contributed by atoms with Gasteiger partial charge in [-0.3, -0.25) is 9.52 Å². The van der Waals surface area contributed by atoms with Gasteiger partial charge in [0, 0.05) is 18.5 Å². The summed E-state index contributed by atoms with van der Waals surface area (Å²) in [6.45, 7) is 4.54. The van der Waals surface area contributed by atoms with Gasteiger partial charge in [-0.2, -0.15) is 0 Å². The molecule has 3 aromatic rings. The molecule has 32 heavy (non-hydrogen) atoms. The molecule has 0 radical (unpaired) electrons. The van der Waals surface area contributed by atoms with Gasteiger partial charge in [-0.15, -0.1) is 0 Å². The molecule has 1 amide bonds. The predicted molar refractivity (Wildman–Crippen MR) is 125 cm³/mol. The highest BCUT2D eigenvalue weighted by atomic mass is 32.2. The Balaban J connectivity index is 1.71. The normalized spacial score (nSPS) is 11.1. The summed E-state index contributed by atoms with van der Waals surface area (Å²) in [7, 11) is -2.19. The lowest BCUT2D eigenvalue weighted by molar-refractivity contribution is 0.101. The molecule has 168 valence electrons. The maximum Gasteiger partial charge on any atom is 0.261 e. The van der Waals surface area contributed by atoms with Crippen LogP contribution in [0.4, 0.5) is 11.4 Å². The van der Waals surface area contributed by atoms with Crippen molar-refractivity contribution in [3.63, 3.8) is 0 Å². The zero-order valence-corrected chi connectivity index (χ0v) is 19.0. The van der Waals surface area contributed by atoms with E-state index in [0.29, 0.717) is 35.9 Å². The predicted octanol–water partition coefficient (Wildman–Crippen LogP) is 4.38. The van der Waals surface area contributed by atoms with Crippen LogP contribution in [0.15, 0.2) is 71.6 Å². The van der Waals surface area contributed by atoms with Gasteiger partial charge in [0.05, 0.1) is 17.1 Å². The first-order valence-corrected chi connectivity index (χ1v) is 11.5. The Hall–Kier alpha value is -3.36. The van der Waals surface area contributed by atoms with Crippen LogP contribution in [-0.2, 0) is 14.8 Å². The second-order valence-corrected chi connectivity index (χ2v) is 8.98. The summed E-state index contributed by atoms with van der Waals surface area (Å²) in [4.78, 5) is 12.8. The standard InChI is InChI=1S/C24H26N2O5S/c1-17-14-18(2)16-20(15-17)26-32(28,29)21-10-8-19(9-11-21)25-24(27)22-6-4-5-7-23(22)31-13-12-30-3/h4-11,14-16,26H,12-13H2,1-3H3,(H,25,27). The molecule has 0 spiro atoms. The lowest BCUT2D eigenvalue weighted by Gasteiger charge is -2.12. The molecule has 7 nitrogen and oxygen atoms in total. The van der Waals surface area contributed by atoms with Gasteiger partial charge >= 0.3 is 0 Å². The minimum Gasteiger partial charge on any atom is -0.490 e. The third-order valence-corrected chi connectivity index (χ3v) is 5.97. The van der Waals surface area contributed by atoms with Crippen LogP contribution in [0.2, 0.25) is 0 Å². The minimum absolute atomic E-state index is 0.0953. The summed E-state index contributed by atoms with van der Waals surface area (Å²) in [6.07, 6.45) is 0. The Morgan fingerprint density at radius 3 is 2.19 bits per heavy atom. The fraction of sp³-hybridized carbons (Fsp3) is 0.208. The SMILES string of the molecule is COCCOc1ccccc1C(=O)Nc1ccc(S(=O)(=O)Nc2cc(C)cc(C)c2)cc1. The Labute approximate surface area is 188 Å². The van der Waals surface area contributed by atoms with E-state index in [4.69, 9.17) is 9.47 Å². The van der Waals surface area contributed by atoms with Crippen LogP contribution in [-0.4, -0.2) is 34.6 Å². The average Bonchev–Trinajstić information content (AvgIpc) is 2.73. The number of hydrogen-bond acceptors (Lipinski definition) is 5. The van der Waals surface area contributed by atoms with E-state index >= 15 is 0 Å². The molecule has 2 N–H and O–H groups in total. The quantitative estimate of drug-likeness (QED) is 0.468. The lowest BCUT2D eigenvalue weighted by Crippen LogP contribution is -2.15. The molecule has 3 aromatic carbocycles. The molecule has 0 aliphatic rings. The van der Waals surface area contributed by atoms with Crippen molar-refractivity contribution in [2.45, 2.75) is 18.7 Å². The van der Waals surface area contributed by atoms with E-state index in [2.05, 4.69) is 10.0 Å². The molecule has 0 fully saturated rings. The number of aryl methyl sites for hydroxylation is 2. The molecular formula is C24H26N2O5S. The van der Waals surface area contributed by atoms with Crippen LogP contribution in [0.25, 0.3) is 0 Å². The second kappa shape index (κ2) is 10.3. The van der Waals surface area contributed by atoms with Crippen LogP contribution in [0.3, 0.4) is 0 Å². The van der Waals surface area contributed by atoms with Gasteiger partial charge in [0.2, 0.25) is 0 Å². The Bertz CT molecular complexity index is 1170. The number of carbonyl (C=O) groups excluding carboxylic acids is 1. The highest BCUT2D eigenvalue weighted by molar-refractivity contribution is 7.92. The fourth-order valence-electron chi connectivity index (χ4n) is 3.18. The summed E-state index contributed by atoms with van der Waals surface area (Å²) in [5.74, 6) is 0.0841. The Morgan fingerprint density at radius 1 is 0.875 bits per heavy atom. The van der Waals surface area contributed by atoms with Crippen molar-refractivity contribution >= 4 is 27.3 Å². The molecule has 8 heteroatoms. The number of rotatable bonds is 9. The van der Waals surface area contributed by atoms with Crippen molar-refractivity contribution in [1.29, 1.82) is 0 Å². The number of benzene rings is 3. The first kappa shape index (κ1) is 23.3. The average molecular weight is 455 g/mol. The van der Waals surface area contributed by atoms with E-state index in [-0.39, 0.29) is 10.8 Å². The van der Waals surface area contributed by atoms with Crippen LogP contribution in [0.1, 0.15) is 21.5 Å². The van der Waals surface area contributed by atoms with Gasteiger partial charge in [-0.05, 0) is 73.5 Å². The molecule has 3 rings (SSSR count). The van der Waals surface area contributed by atoms with Gasteiger partial charge in [-0.25, -0.2) is 8.42 Å². The summed E-state index contributed by atoms with van der Waals surface area (Å²) < 4.78 is 38.6. The van der Waals surface area contributed by atoms with Crippen molar-refractivity contribution < 1.29 is 22.7 Å². The Kier molecular flexibility index (Phi) is 7.50. The van der Waals surface area contributed by atoms with E-state index < -0.39 is 10.0 Å². The molecular weight excluding hydrogens is 428 g/mol. The third-order valence-electron chi connectivity index (χ3n) is 4.57. The number of para-hydroxylation sites is 1. The van der Waals surface area contributed by atoms with E-state index in [0.717, 1.165) is 11.1 Å². The molecule has 0 heterocycles.